The van der Waals surface area contributed by atoms with Crippen LogP contribution in [0.4, 0.5) is 4.39 Å². The van der Waals surface area contributed by atoms with E-state index in [1.165, 1.54) is 18.2 Å². The molecule has 4 rings (SSSR count). The van der Waals surface area contributed by atoms with Gasteiger partial charge in [0.05, 0.1) is 11.5 Å². The van der Waals surface area contributed by atoms with E-state index in [9.17, 15) is 17.6 Å². The third kappa shape index (κ3) is 4.60. The average molecular weight is 424 g/mol. The number of benzene rings is 3. The molecule has 1 amide bonds. The molecule has 0 bridgehead atoms. The Labute approximate surface area is 175 Å². The summed E-state index contributed by atoms with van der Waals surface area (Å²) in [5, 5.41) is 2.12. The topological polar surface area (TPSA) is 54.5 Å². The van der Waals surface area contributed by atoms with Gasteiger partial charge in [-0.3, -0.25) is 4.79 Å². The molecule has 154 valence electrons. The number of hydrogen-bond donors (Lipinski definition) is 0. The molecule has 6 heteroatoms. The molecule has 1 heterocycles. The molecule has 1 fully saturated rings. The molecule has 1 aliphatic heterocycles. The van der Waals surface area contributed by atoms with Crippen molar-refractivity contribution in [2.75, 3.05) is 11.5 Å². The Hall–Kier alpha value is -2.99. The molecule has 0 aliphatic carbocycles. The molecule has 0 N–H and O–H groups in total. The molecule has 30 heavy (non-hydrogen) atoms. The van der Waals surface area contributed by atoms with Gasteiger partial charge in [-0.2, -0.15) is 0 Å². The van der Waals surface area contributed by atoms with Crippen LogP contribution in [0.2, 0.25) is 0 Å². The van der Waals surface area contributed by atoms with Gasteiger partial charge in [0.25, 0.3) is 0 Å². The summed E-state index contributed by atoms with van der Waals surface area (Å²) in [6.07, 6.45) is 3.49. The van der Waals surface area contributed by atoms with Crippen molar-refractivity contribution in [3.8, 4) is 0 Å². The molecule has 0 aromatic heterocycles. The van der Waals surface area contributed by atoms with Gasteiger partial charge in [-0.15, -0.1) is 0 Å². The number of amides is 1. The number of carbonyl (C=O) groups is 1. The van der Waals surface area contributed by atoms with Crippen LogP contribution in [0, 0.1) is 5.82 Å². The third-order valence-corrected chi connectivity index (χ3v) is 7.19. The quantitative estimate of drug-likeness (QED) is 0.578. The van der Waals surface area contributed by atoms with Gasteiger partial charge >= 0.3 is 0 Å². The van der Waals surface area contributed by atoms with Crippen molar-refractivity contribution < 1.29 is 17.6 Å². The Morgan fingerprint density at radius 3 is 2.50 bits per heavy atom. The molecule has 0 spiro atoms. The summed E-state index contributed by atoms with van der Waals surface area (Å²) in [7, 11) is -3.14. The van der Waals surface area contributed by atoms with E-state index in [2.05, 4.69) is 0 Å². The van der Waals surface area contributed by atoms with Crippen molar-refractivity contribution in [2.24, 2.45) is 0 Å². The van der Waals surface area contributed by atoms with Crippen LogP contribution in [0.3, 0.4) is 0 Å². The molecule has 3 aromatic rings. The minimum absolute atomic E-state index is 0.0199. The first-order chi connectivity index (χ1) is 14.4. The summed E-state index contributed by atoms with van der Waals surface area (Å²) in [6, 6.07) is 19.4. The number of nitrogens with zero attached hydrogens (tertiary/aromatic N) is 1. The van der Waals surface area contributed by atoms with Gasteiger partial charge in [-0.05, 0) is 46.5 Å². The van der Waals surface area contributed by atoms with E-state index in [-0.39, 0.29) is 29.3 Å². The van der Waals surface area contributed by atoms with Crippen LogP contribution in [0.5, 0.6) is 0 Å². The molecule has 0 radical (unpaired) electrons. The molecule has 1 atom stereocenters. The number of hydrogen-bond acceptors (Lipinski definition) is 3. The Kier molecular flexibility index (Phi) is 5.68. The lowest BCUT2D eigenvalue weighted by Crippen LogP contribution is -2.39. The maximum atomic E-state index is 13.1. The predicted octanol–water partition coefficient (Wildman–Crippen LogP) is 4.21. The van der Waals surface area contributed by atoms with Crippen LogP contribution < -0.4 is 0 Å². The van der Waals surface area contributed by atoms with Gasteiger partial charge in [0.2, 0.25) is 5.91 Å². The van der Waals surface area contributed by atoms with Crippen molar-refractivity contribution >= 4 is 32.6 Å². The summed E-state index contributed by atoms with van der Waals surface area (Å²) in [5.74, 6) is -0.520. The first kappa shape index (κ1) is 20.3. The number of halogens is 1. The molecular weight excluding hydrogens is 401 g/mol. The fraction of sp³-hybridized carbons (Fsp3) is 0.208. The van der Waals surface area contributed by atoms with Gasteiger partial charge in [0.1, 0.15) is 5.82 Å². The van der Waals surface area contributed by atoms with Crippen molar-refractivity contribution in [3.05, 3.63) is 89.8 Å². The van der Waals surface area contributed by atoms with E-state index in [1.807, 2.05) is 42.5 Å². The molecule has 3 aromatic carbocycles. The highest BCUT2D eigenvalue weighted by atomic mass is 32.2. The monoisotopic (exact) mass is 423 g/mol. The van der Waals surface area contributed by atoms with Crippen molar-refractivity contribution in [1.82, 2.24) is 4.90 Å². The molecule has 1 aliphatic rings. The average Bonchev–Trinajstić information content (AvgIpc) is 3.10. The van der Waals surface area contributed by atoms with E-state index >= 15 is 0 Å². The Bertz CT molecular complexity index is 1200. The minimum atomic E-state index is -3.14. The summed E-state index contributed by atoms with van der Waals surface area (Å²) < 4.78 is 37.2. The number of sulfone groups is 1. The van der Waals surface area contributed by atoms with Gasteiger partial charge in [0, 0.05) is 18.7 Å². The molecule has 1 saturated heterocycles. The maximum absolute atomic E-state index is 13.1. The first-order valence-electron chi connectivity index (χ1n) is 9.83. The van der Waals surface area contributed by atoms with Crippen LogP contribution >= 0.6 is 0 Å². The zero-order valence-electron chi connectivity index (χ0n) is 16.4. The summed E-state index contributed by atoms with van der Waals surface area (Å²) in [6.45, 7) is 0.328. The predicted molar refractivity (Wildman–Crippen MR) is 117 cm³/mol. The first-order valence-corrected chi connectivity index (χ1v) is 11.6. The largest absolute Gasteiger partial charge is 0.331 e. The highest BCUT2D eigenvalue weighted by Crippen LogP contribution is 2.25. The Balaban J connectivity index is 1.64. The highest BCUT2D eigenvalue weighted by molar-refractivity contribution is 7.91. The second-order valence-corrected chi connectivity index (χ2v) is 9.77. The molecule has 4 nitrogen and oxygen atoms in total. The van der Waals surface area contributed by atoms with Crippen LogP contribution in [0.15, 0.2) is 72.8 Å². The number of fused-ring (bicyclic) bond motifs is 1. The normalized spacial score (nSPS) is 18.1. The van der Waals surface area contributed by atoms with Crippen molar-refractivity contribution in [2.45, 2.75) is 19.0 Å². The summed E-state index contributed by atoms with van der Waals surface area (Å²) >= 11 is 0. The van der Waals surface area contributed by atoms with Crippen LogP contribution in [0.25, 0.3) is 16.8 Å². The Morgan fingerprint density at radius 2 is 1.77 bits per heavy atom. The van der Waals surface area contributed by atoms with E-state index in [4.69, 9.17) is 0 Å². The van der Waals surface area contributed by atoms with E-state index in [1.54, 1.807) is 23.1 Å². The van der Waals surface area contributed by atoms with E-state index < -0.39 is 9.84 Å². The second-order valence-electron chi connectivity index (χ2n) is 7.55. The maximum Gasteiger partial charge on any atom is 0.247 e. The highest BCUT2D eigenvalue weighted by Gasteiger charge is 2.34. The van der Waals surface area contributed by atoms with Gasteiger partial charge in [0.15, 0.2) is 9.84 Å². The smallest absolute Gasteiger partial charge is 0.247 e. The number of rotatable bonds is 5. The minimum Gasteiger partial charge on any atom is -0.331 e. The zero-order chi connectivity index (χ0) is 21.1. The van der Waals surface area contributed by atoms with Gasteiger partial charge < -0.3 is 4.90 Å². The standard InChI is InChI=1S/C24H22FNO3S/c25-21-11-8-18(9-12-21)10-13-24(27)26(22-14-15-30(28,29)17-22)16-20-6-3-5-19-4-1-2-7-23(19)20/h1-13,22H,14-17H2. The fourth-order valence-corrected chi connectivity index (χ4v) is 5.59. The Morgan fingerprint density at radius 1 is 1.03 bits per heavy atom. The zero-order valence-corrected chi connectivity index (χ0v) is 17.2. The second kappa shape index (κ2) is 8.40. The molecular formula is C24H22FNO3S. The lowest BCUT2D eigenvalue weighted by Gasteiger charge is -2.28. The number of carbonyl (C=O) groups excluding carboxylic acids is 1. The van der Waals surface area contributed by atoms with E-state index in [0.29, 0.717) is 18.5 Å². The molecule has 0 saturated carbocycles. The van der Waals surface area contributed by atoms with Crippen LogP contribution in [-0.2, 0) is 21.2 Å². The molecule has 1 unspecified atom stereocenters. The van der Waals surface area contributed by atoms with Crippen LogP contribution in [0.1, 0.15) is 17.5 Å². The van der Waals surface area contributed by atoms with Crippen molar-refractivity contribution in [1.29, 1.82) is 0 Å². The van der Waals surface area contributed by atoms with Gasteiger partial charge in [-0.25, -0.2) is 12.8 Å². The van der Waals surface area contributed by atoms with Gasteiger partial charge in [-0.1, -0.05) is 54.6 Å². The van der Waals surface area contributed by atoms with Crippen molar-refractivity contribution in [3.63, 3.8) is 0 Å². The van der Waals surface area contributed by atoms with Crippen LogP contribution in [-0.4, -0.2) is 36.8 Å². The SMILES string of the molecule is O=C(C=Cc1ccc(F)cc1)N(Cc1cccc2ccccc12)C1CCS(=O)(=O)C1. The van der Waals surface area contributed by atoms with E-state index in [0.717, 1.165) is 16.3 Å². The summed E-state index contributed by atoms with van der Waals surface area (Å²) in [4.78, 5) is 14.7. The third-order valence-electron chi connectivity index (χ3n) is 5.44. The lowest BCUT2D eigenvalue weighted by molar-refractivity contribution is -0.128. The summed E-state index contributed by atoms with van der Waals surface area (Å²) in [5.41, 5.74) is 1.68. The fourth-order valence-electron chi connectivity index (χ4n) is 3.86. The lowest BCUT2D eigenvalue weighted by atomic mass is 10.0.